The van der Waals surface area contributed by atoms with Crippen LogP contribution in [0.3, 0.4) is 0 Å². The summed E-state index contributed by atoms with van der Waals surface area (Å²) < 4.78 is 45.3. The molecule has 1 aromatic heterocycles. The minimum atomic E-state index is -3.76. The van der Waals surface area contributed by atoms with E-state index in [-0.39, 0.29) is 34.4 Å². The summed E-state index contributed by atoms with van der Waals surface area (Å²) in [6, 6.07) is 12.8. The third kappa shape index (κ3) is 5.83. The molecule has 3 aromatic rings. The lowest BCUT2D eigenvalue weighted by atomic mass is 9.96. The second-order valence-electron chi connectivity index (χ2n) is 10.5. The van der Waals surface area contributed by atoms with Crippen molar-refractivity contribution >= 4 is 21.6 Å². The summed E-state index contributed by atoms with van der Waals surface area (Å²) in [5.41, 5.74) is 9.20. The fourth-order valence-electron chi connectivity index (χ4n) is 5.69. The van der Waals surface area contributed by atoms with Gasteiger partial charge in [0.1, 0.15) is 28.9 Å². The van der Waals surface area contributed by atoms with Crippen molar-refractivity contribution in [3.8, 4) is 5.75 Å². The summed E-state index contributed by atoms with van der Waals surface area (Å²) in [5, 5.41) is 0. The molecular formula is C30H35FN4O4S. The van der Waals surface area contributed by atoms with Crippen molar-refractivity contribution in [2.45, 2.75) is 50.1 Å². The number of anilines is 1. The van der Waals surface area contributed by atoms with Gasteiger partial charge in [0.2, 0.25) is 0 Å². The Labute approximate surface area is 234 Å². The summed E-state index contributed by atoms with van der Waals surface area (Å²) in [7, 11) is -3.76. The molecule has 2 aliphatic rings. The summed E-state index contributed by atoms with van der Waals surface area (Å²) in [6.45, 7) is 4.67. The van der Waals surface area contributed by atoms with Crippen LogP contribution in [0.5, 0.6) is 5.75 Å². The van der Waals surface area contributed by atoms with Crippen LogP contribution in [0.25, 0.3) is 0 Å². The predicted molar refractivity (Wildman–Crippen MR) is 151 cm³/mol. The average Bonchev–Trinajstić information content (AvgIpc) is 3.37. The van der Waals surface area contributed by atoms with Gasteiger partial charge >= 0.3 is 0 Å². The normalized spacial score (nSPS) is 16.7. The number of nitrogen functional groups attached to an aromatic ring is 1. The minimum absolute atomic E-state index is 0.110. The van der Waals surface area contributed by atoms with Gasteiger partial charge in [-0.25, -0.2) is 17.8 Å². The zero-order chi connectivity index (χ0) is 28.4. The summed E-state index contributed by atoms with van der Waals surface area (Å²) in [6.07, 6.45) is 6.07. The van der Waals surface area contributed by atoms with Gasteiger partial charge in [-0.3, -0.25) is 9.69 Å². The summed E-state index contributed by atoms with van der Waals surface area (Å²) in [4.78, 5) is 21.7. The number of carbonyl (C=O) groups is 1. The monoisotopic (exact) mass is 566 g/mol. The molecule has 40 heavy (non-hydrogen) atoms. The number of hydrogen-bond acceptors (Lipinski definition) is 7. The van der Waals surface area contributed by atoms with Crippen molar-refractivity contribution in [3.63, 3.8) is 0 Å². The van der Waals surface area contributed by atoms with Crippen molar-refractivity contribution in [1.82, 2.24) is 14.8 Å². The number of likely N-dealkylation sites (tertiary alicyclic amines) is 1. The molecule has 1 amide bonds. The smallest absolute Gasteiger partial charge is 0.254 e. The van der Waals surface area contributed by atoms with Crippen LogP contribution in [0.15, 0.2) is 53.6 Å². The second kappa shape index (κ2) is 11.5. The first-order valence-electron chi connectivity index (χ1n) is 13.7. The van der Waals surface area contributed by atoms with Crippen LogP contribution in [-0.4, -0.2) is 61.6 Å². The highest BCUT2D eigenvalue weighted by molar-refractivity contribution is 7.90. The fourth-order valence-corrected chi connectivity index (χ4v) is 6.45. The standard InChI is InChI=1S/C30H35FN4O4S/c1-3-23-24(8-10-27(29(23)31)40(2,37)38)30(36)35-14-15-39-26-9-7-21(17-22(26)19-35)25(34-12-4-5-13-34)16-20-6-11-28(32)33-18-20/h6-11,17-18,25H,3-5,12-16,19H2,1-2H3,(H2,32,33). The molecule has 0 bridgehead atoms. The molecule has 8 nitrogen and oxygen atoms in total. The molecule has 2 aliphatic heterocycles. The van der Waals surface area contributed by atoms with Crippen LogP contribution in [0.1, 0.15) is 58.4 Å². The summed E-state index contributed by atoms with van der Waals surface area (Å²) in [5.74, 6) is 0.0186. The van der Waals surface area contributed by atoms with Gasteiger partial charge < -0.3 is 15.4 Å². The quantitative estimate of drug-likeness (QED) is 0.457. The van der Waals surface area contributed by atoms with E-state index in [2.05, 4.69) is 22.0 Å². The van der Waals surface area contributed by atoms with E-state index in [0.717, 1.165) is 61.0 Å². The lowest BCUT2D eigenvalue weighted by Gasteiger charge is -2.29. The van der Waals surface area contributed by atoms with Crippen molar-refractivity contribution in [2.24, 2.45) is 0 Å². The van der Waals surface area contributed by atoms with E-state index in [0.29, 0.717) is 25.5 Å². The number of amides is 1. The number of carbonyl (C=O) groups excluding carboxylic acids is 1. The van der Waals surface area contributed by atoms with Gasteiger partial charge in [0, 0.05) is 41.7 Å². The molecule has 0 saturated carbocycles. The van der Waals surface area contributed by atoms with Crippen LogP contribution in [0, 0.1) is 5.82 Å². The fraction of sp³-hybridized carbons (Fsp3) is 0.400. The highest BCUT2D eigenvalue weighted by Crippen LogP contribution is 2.34. The SMILES string of the molecule is CCc1c(C(=O)N2CCOc3ccc(C(Cc4ccc(N)nc4)N4CCCC4)cc3C2)ccc(S(C)(=O)=O)c1F. The lowest BCUT2D eigenvalue weighted by Crippen LogP contribution is -2.33. The maximum absolute atomic E-state index is 15.2. The zero-order valence-corrected chi connectivity index (χ0v) is 23.7. The second-order valence-corrected chi connectivity index (χ2v) is 12.5. The van der Waals surface area contributed by atoms with Gasteiger partial charge in [-0.2, -0.15) is 0 Å². The largest absolute Gasteiger partial charge is 0.491 e. The maximum atomic E-state index is 15.2. The van der Waals surface area contributed by atoms with Gasteiger partial charge in [-0.15, -0.1) is 0 Å². The first kappa shape index (κ1) is 28.0. The molecule has 3 heterocycles. The Morgan fingerprint density at radius 1 is 1.12 bits per heavy atom. The number of nitrogens with two attached hydrogens (primary N) is 1. The number of hydrogen-bond donors (Lipinski definition) is 1. The topological polar surface area (TPSA) is 106 Å². The molecule has 2 aromatic carbocycles. The molecule has 1 atom stereocenters. The molecular weight excluding hydrogens is 531 g/mol. The lowest BCUT2D eigenvalue weighted by molar-refractivity contribution is 0.0731. The van der Waals surface area contributed by atoms with Crippen molar-refractivity contribution in [3.05, 3.63) is 82.3 Å². The minimum Gasteiger partial charge on any atom is -0.491 e. The molecule has 1 unspecified atom stereocenters. The molecule has 1 fully saturated rings. The Morgan fingerprint density at radius 2 is 1.90 bits per heavy atom. The number of halogens is 1. The molecule has 0 aliphatic carbocycles. The van der Waals surface area contributed by atoms with E-state index < -0.39 is 15.7 Å². The van der Waals surface area contributed by atoms with Crippen LogP contribution in [0.2, 0.25) is 0 Å². The Balaban J connectivity index is 1.45. The number of sulfone groups is 1. The van der Waals surface area contributed by atoms with E-state index in [1.54, 1.807) is 11.8 Å². The Hall–Kier alpha value is -3.50. The number of pyridine rings is 1. The number of rotatable bonds is 7. The molecule has 0 radical (unpaired) electrons. The molecule has 0 spiro atoms. The van der Waals surface area contributed by atoms with Gasteiger partial charge in [-0.1, -0.05) is 19.1 Å². The molecule has 2 N–H and O–H groups in total. The molecule has 5 rings (SSSR count). The first-order chi connectivity index (χ1) is 19.2. The number of ether oxygens (including phenoxy) is 1. The first-order valence-corrected chi connectivity index (χ1v) is 15.6. The van der Waals surface area contributed by atoms with Crippen molar-refractivity contribution in [2.75, 3.05) is 38.2 Å². The van der Waals surface area contributed by atoms with Crippen LogP contribution in [0.4, 0.5) is 10.2 Å². The third-order valence-corrected chi connectivity index (χ3v) is 8.90. The summed E-state index contributed by atoms with van der Waals surface area (Å²) >= 11 is 0. The highest BCUT2D eigenvalue weighted by Gasteiger charge is 2.29. The van der Waals surface area contributed by atoms with E-state index >= 15 is 4.39 Å². The Bertz CT molecular complexity index is 1500. The van der Waals surface area contributed by atoms with Gasteiger partial charge in [-0.05, 0) is 80.2 Å². The van der Waals surface area contributed by atoms with Gasteiger partial charge in [0.05, 0.1) is 6.54 Å². The van der Waals surface area contributed by atoms with Crippen LogP contribution < -0.4 is 10.5 Å². The van der Waals surface area contributed by atoms with Crippen LogP contribution >= 0.6 is 0 Å². The number of benzene rings is 2. The number of fused-ring (bicyclic) bond motifs is 1. The third-order valence-electron chi connectivity index (χ3n) is 7.79. The predicted octanol–water partition coefficient (Wildman–Crippen LogP) is 4.18. The molecule has 1 saturated heterocycles. The van der Waals surface area contributed by atoms with E-state index in [1.165, 1.54) is 12.1 Å². The number of nitrogens with zero attached hydrogens (tertiary/aromatic N) is 3. The highest BCUT2D eigenvalue weighted by atomic mass is 32.2. The zero-order valence-electron chi connectivity index (χ0n) is 22.9. The van der Waals surface area contributed by atoms with E-state index in [4.69, 9.17) is 10.5 Å². The van der Waals surface area contributed by atoms with Crippen molar-refractivity contribution < 1.29 is 22.3 Å². The Kier molecular flexibility index (Phi) is 8.09. The molecule has 10 heteroatoms. The van der Waals surface area contributed by atoms with E-state index in [9.17, 15) is 13.2 Å². The van der Waals surface area contributed by atoms with Gasteiger partial charge in [0.25, 0.3) is 5.91 Å². The maximum Gasteiger partial charge on any atom is 0.254 e. The Morgan fingerprint density at radius 3 is 2.58 bits per heavy atom. The molecule has 212 valence electrons. The number of aromatic nitrogens is 1. The van der Waals surface area contributed by atoms with Crippen LogP contribution in [-0.2, 0) is 29.2 Å². The van der Waals surface area contributed by atoms with Gasteiger partial charge in [0.15, 0.2) is 9.84 Å². The average molecular weight is 567 g/mol. The van der Waals surface area contributed by atoms with E-state index in [1.807, 2.05) is 24.4 Å². The van der Waals surface area contributed by atoms with Crippen molar-refractivity contribution in [1.29, 1.82) is 0 Å².